The van der Waals surface area contributed by atoms with Crippen LogP contribution in [0.3, 0.4) is 0 Å². The zero-order valence-corrected chi connectivity index (χ0v) is 16.5. The minimum absolute atomic E-state index is 0.156. The molecule has 2 aliphatic heterocycles. The number of benzene rings is 1. The van der Waals surface area contributed by atoms with E-state index in [1.807, 2.05) is 23.1 Å². The first-order valence-electron chi connectivity index (χ1n) is 9.74. The van der Waals surface area contributed by atoms with E-state index in [0.717, 1.165) is 75.2 Å². The standard InChI is InChI=1S/C20H26ClN5O/c1-15(27)25-8-3-5-17(14-25)20-23-22-19-7-9-24(10-11-26(19)20)13-16-4-2-6-18(21)12-16/h2,4,6,12,17H,3,5,7-11,13-14H2,1H3. The fourth-order valence-corrected chi connectivity index (χ4v) is 4.43. The van der Waals surface area contributed by atoms with Crippen molar-refractivity contribution in [2.75, 3.05) is 26.2 Å². The number of carbonyl (C=O) groups excluding carboxylic acids is 1. The molecule has 0 spiro atoms. The molecule has 1 atom stereocenters. The van der Waals surface area contributed by atoms with Gasteiger partial charge in [0.2, 0.25) is 5.91 Å². The summed E-state index contributed by atoms with van der Waals surface area (Å²) >= 11 is 6.12. The Hall–Kier alpha value is -1.92. The molecule has 2 aliphatic rings. The third kappa shape index (κ3) is 4.17. The maximum absolute atomic E-state index is 11.8. The lowest BCUT2D eigenvalue weighted by Gasteiger charge is -2.31. The molecule has 0 aliphatic carbocycles. The van der Waals surface area contributed by atoms with Crippen molar-refractivity contribution in [3.63, 3.8) is 0 Å². The summed E-state index contributed by atoms with van der Waals surface area (Å²) < 4.78 is 2.30. The molecule has 0 radical (unpaired) electrons. The summed E-state index contributed by atoms with van der Waals surface area (Å²) in [6.45, 7) is 7.01. The number of aromatic nitrogens is 3. The summed E-state index contributed by atoms with van der Waals surface area (Å²) in [5.74, 6) is 2.57. The first-order chi connectivity index (χ1) is 13.1. The molecule has 1 aromatic carbocycles. The molecule has 1 amide bonds. The average molecular weight is 388 g/mol. The van der Waals surface area contributed by atoms with E-state index < -0.39 is 0 Å². The number of likely N-dealkylation sites (tertiary alicyclic amines) is 1. The van der Waals surface area contributed by atoms with E-state index in [1.165, 1.54) is 5.56 Å². The minimum atomic E-state index is 0.156. The molecular formula is C20H26ClN5O. The SMILES string of the molecule is CC(=O)N1CCCC(c2nnc3n2CCN(Cc2cccc(Cl)c2)CC3)C1. The summed E-state index contributed by atoms with van der Waals surface area (Å²) in [5.41, 5.74) is 1.24. The first kappa shape index (κ1) is 18.4. The van der Waals surface area contributed by atoms with Crippen molar-refractivity contribution >= 4 is 17.5 Å². The highest BCUT2D eigenvalue weighted by atomic mass is 35.5. The molecule has 4 rings (SSSR count). The molecule has 1 aromatic heterocycles. The fourth-order valence-electron chi connectivity index (χ4n) is 4.22. The van der Waals surface area contributed by atoms with E-state index in [1.54, 1.807) is 6.92 Å². The van der Waals surface area contributed by atoms with Crippen LogP contribution in [0.15, 0.2) is 24.3 Å². The van der Waals surface area contributed by atoms with Gasteiger partial charge in [0.15, 0.2) is 0 Å². The summed E-state index contributed by atoms with van der Waals surface area (Å²) in [5, 5.41) is 9.78. The van der Waals surface area contributed by atoms with Gasteiger partial charge >= 0.3 is 0 Å². The van der Waals surface area contributed by atoms with Crippen LogP contribution < -0.4 is 0 Å². The van der Waals surface area contributed by atoms with Crippen molar-refractivity contribution in [3.05, 3.63) is 46.5 Å². The van der Waals surface area contributed by atoms with E-state index in [0.29, 0.717) is 5.92 Å². The number of rotatable bonds is 3. The Morgan fingerprint density at radius 1 is 1.22 bits per heavy atom. The zero-order chi connectivity index (χ0) is 18.8. The van der Waals surface area contributed by atoms with Crippen LogP contribution in [0.4, 0.5) is 0 Å². The molecular weight excluding hydrogens is 362 g/mol. The van der Waals surface area contributed by atoms with Crippen LogP contribution >= 0.6 is 11.6 Å². The maximum Gasteiger partial charge on any atom is 0.219 e. The van der Waals surface area contributed by atoms with Crippen LogP contribution in [0.25, 0.3) is 0 Å². The lowest BCUT2D eigenvalue weighted by atomic mass is 9.97. The topological polar surface area (TPSA) is 54.3 Å². The molecule has 144 valence electrons. The third-order valence-electron chi connectivity index (χ3n) is 5.67. The highest BCUT2D eigenvalue weighted by Gasteiger charge is 2.29. The highest BCUT2D eigenvalue weighted by molar-refractivity contribution is 6.30. The molecule has 0 saturated carbocycles. The molecule has 0 N–H and O–H groups in total. The number of nitrogens with zero attached hydrogens (tertiary/aromatic N) is 5. The van der Waals surface area contributed by atoms with Crippen molar-refractivity contribution in [1.82, 2.24) is 24.6 Å². The fraction of sp³-hybridized carbons (Fsp3) is 0.550. The summed E-state index contributed by atoms with van der Waals surface area (Å²) in [6.07, 6.45) is 3.01. The monoisotopic (exact) mass is 387 g/mol. The lowest BCUT2D eigenvalue weighted by Crippen LogP contribution is -2.38. The second kappa shape index (κ2) is 7.98. The molecule has 1 fully saturated rings. The largest absolute Gasteiger partial charge is 0.342 e. The van der Waals surface area contributed by atoms with E-state index in [-0.39, 0.29) is 5.91 Å². The number of hydrogen-bond donors (Lipinski definition) is 0. The van der Waals surface area contributed by atoms with Crippen LogP contribution in [0.1, 0.15) is 42.9 Å². The molecule has 6 nitrogen and oxygen atoms in total. The van der Waals surface area contributed by atoms with Crippen LogP contribution in [0, 0.1) is 0 Å². The van der Waals surface area contributed by atoms with Gasteiger partial charge in [0.05, 0.1) is 0 Å². The second-order valence-electron chi connectivity index (χ2n) is 7.59. The van der Waals surface area contributed by atoms with Gasteiger partial charge in [0, 0.05) is 63.6 Å². The molecule has 3 heterocycles. The van der Waals surface area contributed by atoms with E-state index >= 15 is 0 Å². The van der Waals surface area contributed by atoms with Gasteiger partial charge in [0.25, 0.3) is 0 Å². The predicted molar refractivity (Wildman–Crippen MR) is 105 cm³/mol. The van der Waals surface area contributed by atoms with Crippen LogP contribution in [0.2, 0.25) is 5.02 Å². The van der Waals surface area contributed by atoms with Crippen LogP contribution in [-0.2, 0) is 24.3 Å². The number of hydrogen-bond acceptors (Lipinski definition) is 4. The van der Waals surface area contributed by atoms with Crippen molar-refractivity contribution in [2.24, 2.45) is 0 Å². The Bertz CT molecular complexity index is 820. The van der Waals surface area contributed by atoms with Crippen molar-refractivity contribution in [3.8, 4) is 0 Å². The third-order valence-corrected chi connectivity index (χ3v) is 5.91. The van der Waals surface area contributed by atoms with Gasteiger partial charge < -0.3 is 9.47 Å². The van der Waals surface area contributed by atoms with E-state index in [4.69, 9.17) is 11.6 Å². The van der Waals surface area contributed by atoms with Crippen LogP contribution in [-0.4, -0.2) is 56.7 Å². The maximum atomic E-state index is 11.8. The summed E-state index contributed by atoms with van der Waals surface area (Å²) in [7, 11) is 0. The molecule has 0 bridgehead atoms. The Morgan fingerprint density at radius 3 is 2.93 bits per heavy atom. The first-order valence-corrected chi connectivity index (χ1v) is 10.1. The molecule has 1 unspecified atom stereocenters. The quantitative estimate of drug-likeness (QED) is 0.812. The van der Waals surface area contributed by atoms with Gasteiger partial charge in [-0.3, -0.25) is 9.69 Å². The van der Waals surface area contributed by atoms with Gasteiger partial charge in [0.1, 0.15) is 11.6 Å². The number of piperidine rings is 1. The van der Waals surface area contributed by atoms with Gasteiger partial charge in [-0.25, -0.2) is 0 Å². The van der Waals surface area contributed by atoms with Gasteiger partial charge in [-0.15, -0.1) is 10.2 Å². The Morgan fingerprint density at radius 2 is 2.11 bits per heavy atom. The second-order valence-corrected chi connectivity index (χ2v) is 8.02. The zero-order valence-electron chi connectivity index (χ0n) is 15.8. The van der Waals surface area contributed by atoms with Crippen molar-refractivity contribution in [1.29, 1.82) is 0 Å². The van der Waals surface area contributed by atoms with E-state index in [9.17, 15) is 4.79 Å². The smallest absolute Gasteiger partial charge is 0.219 e. The molecule has 2 aromatic rings. The summed E-state index contributed by atoms with van der Waals surface area (Å²) in [4.78, 5) is 16.2. The number of fused-ring (bicyclic) bond motifs is 1. The van der Waals surface area contributed by atoms with Crippen molar-refractivity contribution in [2.45, 2.75) is 45.2 Å². The summed E-state index contributed by atoms with van der Waals surface area (Å²) in [6, 6.07) is 8.08. The van der Waals surface area contributed by atoms with Gasteiger partial charge in [-0.1, -0.05) is 23.7 Å². The lowest BCUT2D eigenvalue weighted by molar-refractivity contribution is -0.130. The molecule has 27 heavy (non-hydrogen) atoms. The van der Waals surface area contributed by atoms with Crippen LogP contribution in [0.5, 0.6) is 0 Å². The molecule has 7 heteroatoms. The van der Waals surface area contributed by atoms with Gasteiger partial charge in [-0.05, 0) is 30.5 Å². The Kier molecular flexibility index (Phi) is 5.45. The van der Waals surface area contributed by atoms with Gasteiger partial charge in [-0.2, -0.15) is 0 Å². The number of amides is 1. The normalized spacial score (nSPS) is 21.0. The highest BCUT2D eigenvalue weighted by Crippen LogP contribution is 2.27. The Labute approximate surface area is 165 Å². The number of halogens is 1. The van der Waals surface area contributed by atoms with E-state index in [2.05, 4.69) is 25.7 Å². The average Bonchev–Trinajstić information content (AvgIpc) is 2.97. The molecule has 1 saturated heterocycles. The van der Waals surface area contributed by atoms with Crippen molar-refractivity contribution < 1.29 is 4.79 Å². The predicted octanol–water partition coefficient (Wildman–Crippen LogP) is 2.72. The Balaban J connectivity index is 1.45. The number of carbonyl (C=O) groups is 1. The minimum Gasteiger partial charge on any atom is -0.342 e.